The van der Waals surface area contributed by atoms with Gasteiger partial charge in [-0.1, -0.05) is 18.2 Å². The molecule has 1 amide bonds. The predicted octanol–water partition coefficient (Wildman–Crippen LogP) is 2.57. The van der Waals surface area contributed by atoms with Gasteiger partial charge in [0.1, 0.15) is 5.75 Å². The molecule has 2 aromatic carbocycles. The van der Waals surface area contributed by atoms with Crippen LogP contribution >= 0.6 is 0 Å². The Balaban J connectivity index is 2.27. The quantitative estimate of drug-likeness (QED) is 0.927. The number of amides is 1. The Hall–Kier alpha value is -2.62. The zero-order valence-electron chi connectivity index (χ0n) is 15.8. The van der Waals surface area contributed by atoms with Gasteiger partial charge in [0.2, 0.25) is 0 Å². The first-order chi connectivity index (χ1) is 12.3. The average Bonchev–Trinajstić information content (AvgIpc) is 2.82. The summed E-state index contributed by atoms with van der Waals surface area (Å²) >= 11 is 0. The maximum absolute atomic E-state index is 12.4. The number of carbonyl (C=O) groups is 1. The third-order valence-corrected chi connectivity index (χ3v) is 4.19. The van der Waals surface area contributed by atoms with Gasteiger partial charge < -0.3 is 10.1 Å². The summed E-state index contributed by atoms with van der Waals surface area (Å²) in [6.45, 7) is 0. The van der Waals surface area contributed by atoms with Crippen LogP contribution in [0.3, 0.4) is 0 Å². The highest BCUT2D eigenvalue weighted by Crippen LogP contribution is 2.38. The molecule has 0 aliphatic heterocycles. The van der Waals surface area contributed by atoms with E-state index in [-0.39, 0.29) is 16.7 Å². The monoisotopic (exact) mass is 312 g/mol. The van der Waals surface area contributed by atoms with Crippen LogP contribution in [0.4, 0.5) is 0 Å². The summed E-state index contributed by atoms with van der Waals surface area (Å²) in [6, 6.07) is 9.98. The standard InChI is InChI=1S/C19H19NO3/c1-20-19(22)15-10-9-14-13(11-16(15)21)7-3-5-12-6-4-8-17(23-2)18(12)14/h4,6,8-11H,3,5,7H2,1-2H3,(H,20,22)/i2D3. The molecule has 4 heteroatoms. The first-order valence-corrected chi connectivity index (χ1v) is 7.51. The zero-order valence-corrected chi connectivity index (χ0v) is 12.8. The van der Waals surface area contributed by atoms with Gasteiger partial charge in [-0.3, -0.25) is 9.59 Å². The Morgan fingerprint density at radius 3 is 2.83 bits per heavy atom. The van der Waals surface area contributed by atoms with Gasteiger partial charge in [-0.2, -0.15) is 0 Å². The van der Waals surface area contributed by atoms with Gasteiger partial charge in [0.15, 0.2) is 5.43 Å². The second-order valence-corrected chi connectivity index (χ2v) is 5.52. The number of aryl methyl sites for hydroxylation is 2. The Labute approximate surface area is 139 Å². The Morgan fingerprint density at radius 2 is 2.04 bits per heavy atom. The zero-order chi connectivity index (χ0) is 18.9. The van der Waals surface area contributed by atoms with E-state index in [0.29, 0.717) is 12.0 Å². The van der Waals surface area contributed by atoms with Crippen molar-refractivity contribution in [2.24, 2.45) is 0 Å². The molecule has 1 N–H and O–H groups in total. The first kappa shape index (κ1) is 11.9. The van der Waals surface area contributed by atoms with Crippen LogP contribution in [0.1, 0.15) is 32.0 Å². The van der Waals surface area contributed by atoms with E-state index in [1.807, 2.05) is 6.07 Å². The molecule has 0 bridgehead atoms. The molecule has 0 saturated carbocycles. The van der Waals surface area contributed by atoms with Crippen molar-refractivity contribution in [3.05, 3.63) is 63.3 Å². The molecule has 0 saturated heterocycles. The van der Waals surface area contributed by atoms with Crippen LogP contribution in [-0.4, -0.2) is 20.0 Å². The number of benzene rings is 1. The smallest absolute Gasteiger partial charge is 0.254 e. The Bertz CT molecular complexity index is 923. The number of methoxy groups -OCH3 is 1. The van der Waals surface area contributed by atoms with E-state index >= 15 is 0 Å². The Kier molecular flexibility index (Phi) is 3.23. The summed E-state index contributed by atoms with van der Waals surface area (Å²) in [5.41, 5.74) is 2.84. The molecule has 0 heterocycles. The molecular weight excluding hydrogens is 290 g/mol. The van der Waals surface area contributed by atoms with Crippen molar-refractivity contribution in [2.75, 3.05) is 14.1 Å². The third-order valence-electron chi connectivity index (χ3n) is 4.19. The van der Waals surface area contributed by atoms with Crippen molar-refractivity contribution in [1.82, 2.24) is 5.32 Å². The topological polar surface area (TPSA) is 55.4 Å². The van der Waals surface area contributed by atoms with Crippen molar-refractivity contribution in [1.29, 1.82) is 0 Å². The number of ether oxygens (including phenoxy) is 1. The molecule has 0 atom stereocenters. The van der Waals surface area contributed by atoms with Crippen molar-refractivity contribution in [3.8, 4) is 16.9 Å². The lowest BCUT2D eigenvalue weighted by Gasteiger charge is -2.12. The normalized spacial score (nSPS) is 15.1. The van der Waals surface area contributed by atoms with E-state index in [1.165, 1.54) is 19.2 Å². The van der Waals surface area contributed by atoms with Crippen LogP contribution in [0.15, 0.2) is 41.2 Å². The molecular formula is C19H19NO3. The number of rotatable bonds is 2. The molecule has 2 aromatic rings. The second kappa shape index (κ2) is 6.24. The van der Waals surface area contributed by atoms with Crippen LogP contribution in [0, 0.1) is 0 Å². The van der Waals surface area contributed by atoms with Crippen molar-refractivity contribution < 1.29 is 13.6 Å². The van der Waals surface area contributed by atoms with E-state index in [4.69, 9.17) is 8.85 Å². The van der Waals surface area contributed by atoms with Gasteiger partial charge in [-0.25, -0.2) is 0 Å². The fourth-order valence-corrected chi connectivity index (χ4v) is 3.09. The molecule has 0 radical (unpaired) electrons. The molecule has 0 fully saturated rings. The second-order valence-electron chi connectivity index (χ2n) is 5.52. The summed E-state index contributed by atoms with van der Waals surface area (Å²) in [6.07, 6.45) is 2.23. The minimum atomic E-state index is -2.57. The number of carbonyl (C=O) groups excluding carboxylic acids is 1. The fraction of sp³-hybridized carbons (Fsp3) is 0.263. The van der Waals surface area contributed by atoms with Gasteiger partial charge in [0, 0.05) is 12.6 Å². The number of hydrogen-bond acceptors (Lipinski definition) is 3. The van der Waals surface area contributed by atoms with E-state index in [0.717, 1.165) is 29.5 Å². The van der Waals surface area contributed by atoms with Gasteiger partial charge in [-0.15, -0.1) is 0 Å². The molecule has 3 rings (SSSR count). The third kappa shape index (κ3) is 2.72. The number of fused-ring (bicyclic) bond motifs is 3. The van der Waals surface area contributed by atoms with Crippen molar-refractivity contribution in [3.63, 3.8) is 0 Å². The molecule has 118 valence electrons. The van der Waals surface area contributed by atoms with Crippen LogP contribution in [0.2, 0.25) is 0 Å². The summed E-state index contributed by atoms with van der Waals surface area (Å²) in [7, 11) is -1.10. The van der Waals surface area contributed by atoms with Crippen LogP contribution in [0.25, 0.3) is 11.1 Å². The maximum Gasteiger partial charge on any atom is 0.254 e. The van der Waals surface area contributed by atoms with Crippen LogP contribution in [-0.2, 0) is 12.8 Å². The predicted molar refractivity (Wildman–Crippen MR) is 90.1 cm³/mol. The van der Waals surface area contributed by atoms with Crippen molar-refractivity contribution in [2.45, 2.75) is 19.3 Å². The summed E-state index contributed by atoms with van der Waals surface area (Å²) in [4.78, 5) is 24.4. The summed E-state index contributed by atoms with van der Waals surface area (Å²) in [5.74, 6) is -0.196. The van der Waals surface area contributed by atoms with Crippen LogP contribution < -0.4 is 15.5 Å². The largest absolute Gasteiger partial charge is 0.496 e. The minimum absolute atomic E-state index is 0.0522. The molecule has 23 heavy (non-hydrogen) atoms. The van der Waals surface area contributed by atoms with E-state index in [1.54, 1.807) is 18.2 Å². The van der Waals surface area contributed by atoms with E-state index in [2.05, 4.69) is 5.32 Å². The number of hydrogen-bond donors (Lipinski definition) is 1. The first-order valence-electron chi connectivity index (χ1n) is 9.01. The molecule has 0 aromatic heterocycles. The molecule has 1 aliphatic rings. The van der Waals surface area contributed by atoms with Gasteiger partial charge in [0.05, 0.1) is 16.7 Å². The van der Waals surface area contributed by atoms with Gasteiger partial charge in [-0.05, 0) is 54.2 Å². The highest BCUT2D eigenvalue weighted by Gasteiger charge is 2.19. The van der Waals surface area contributed by atoms with Gasteiger partial charge in [0.25, 0.3) is 5.91 Å². The highest BCUT2D eigenvalue weighted by atomic mass is 16.5. The molecule has 0 unspecified atom stereocenters. The summed E-state index contributed by atoms with van der Waals surface area (Å²) < 4.78 is 27.5. The highest BCUT2D eigenvalue weighted by molar-refractivity contribution is 5.94. The summed E-state index contributed by atoms with van der Waals surface area (Å²) in [5, 5.41) is 2.46. The molecule has 0 spiro atoms. The minimum Gasteiger partial charge on any atom is -0.496 e. The van der Waals surface area contributed by atoms with Crippen molar-refractivity contribution >= 4 is 5.91 Å². The lowest BCUT2D eigenvalue weighted by atomic mass is 9.97. The number of nitrogens with one attached hydrogen (secondary N) is 1. The molecule has 4 nitrogen and oxygen atoms in total. The molecule has 1 aliphatic carbocycles. The van der Waals surface area contributed by atoms with E-state index < -0.39 is 12.9 Å². The lowest BCUT2D eigenvalue weighted by Crippen LogP contribution is -2.23. The fourth-order valence-electron chi connectivity index (χ4n) is 3.09. The van der Waals surface area contributed by atoms with Gasteiger partial charge >= 0.3 is 0 Å². The SMILES string of the molecule is [2H]C([2H])([2H])Oc1cccc2c1-c1ccc(C(=O)NC)c(=O)cc1CCC2. The maximum atomic E-state index is 12.4. The van der Waals surface area contributed by atoms with Crippen LogP contribution in [0.5, 0.6) is 5.75 Å². The van der Waals surface area contributed by atoms with E-state index in [9.17, 15) is 9.59 Å². The lowest BCUT2D eigenvalue weighted by molar-refractivity contribution is 0.0962. The Morgan fingerprint density at radius 1 is 1.22 bits per heavy atom. The average molecular weight is 312 g/mol.